The van der Waals surface area contributed by atoms with E-state index in [1.807, 2.05) is 6.92 Å². The van der Waals surface area contributed by atoms with Gasteiger partial charge in [0.05, 0.1) is 6.61 Å². The van der Waals surface area contributed by atoms with E-state index in [1.165, 1.54) is 0 Å². The van der Waals surface area contributed by atoms with Gasteiger partial charge in [-0.2, -0.15) is 0 Å². The molecule has 0 aromatic rings. The topological polar surface area (TPSA) is 113 Å². The lowest BCUT2D eigenvalue weighted by molar-refractivity contribution is -0.153. The summed E-state index contributed by atoms with van der Waals surface area (Å²) in [6.07, 6.45) is 1.98. The van der Waals surface area contributed by atoms with E-state index in [1.54, 1.807) is 13.8 Å². The Labute approximate surface area is 137 Å². The zero-order valence-electron chi connectivity index (χ0n) is 14.3. The van der Waals surface area contributed by atoms with Crippen molar-refractivity contribution in [3.8, 4) is 0 Å². The third-order valence-corrected chi connectivity index (χ3v) is 3.44. The van der Waals surface area contributed by atoms with E-state index >= 15 is 0 Å². The number of unbranched alkanes of at least 4 members (excludes halogenated alkanes) is 2. The fourth-order valence-electron chi connectivity index (χ4n) is 1.84. The van der Waals surface area contributed by atoms with E-state index in [0.717, 1.165) is 19.3 Å². The van der Waals surface area contributed by atoms with Gasteiger partial charge in [0.1, 0.15) is 6.10 Å². The van der Waals surface area contributed by atoms with Gasteiger partial charge in [0.15, 0.2) is 0 Å². The molecule has 3 N–H and O–H groups in total. The van der Waals surface area contributed by atoms with E-state index < -0.39 is 23.4 Å². The Morgan fingerprint density at radius 3 is 2.35 bits per heavy atom. The van der Waals surface area contributed by atoms with Crippen LogP contribution >= 0.6 is 0 Å². The highest BCUT2D eigenvalue weighted by Crippen LogP contribution is 2.22. The Morgan fingerprint density at radius 2 is 1.78 bits per heavy atom. The molecule has 0 bridgehead atoms. The lowest BCUT2D eigenvalue weighted by Crippen LogP contribution is -2.46. The lowest BCUT2D eigenvalue weighted by atomic mass is 9.87. The van der Waals surface area contributed by atoms with Gasteiger partial charge in [0.25, 0.3) is 0 Å². The van der Waals surface area contributed by atoms with Gasteiger partial charge in [-0.3, -0.25) is 14.4 Å². The second-order valence-corrected chi connectivity index (χ2v) is 6.30. The molecule has 0 aromatic heterocycles. The van der Waals surface area contributed by atoms with Crippen molar-refractivity contribution in [1.29, 1.82) is 0 Å². The van der Waals surface area contributed by atoms with Crippen LogP contribution in [0.1, 0.15) is 59.3 Å². The van der Waals surface area contributed by atoms with Crippen LogP contribution < -0.4 is 5.32 Å². The largest absolute Gasteiger partial charge is 0.481 e. The first-order valence-electron chi connectivity index (χ1n) is 8.04. The Morgan fingerprint density at radius 1 is 1.13 bits per heavy atom. The van der Waals surface area contributed by atoms with E-state index in [4.69, 9.17) is 9.84 Å². The number of rotatable bonds is 12. The standard InChI is InChI=1S/C16H29NO6/c1-4-5-6-9-13(20)23-11-16(2,3)14(21)15(22)17-10-7-8-12(18)19/h14,21H,4-11H2,1-3H3,(H,17,22)(H,18,19). The molecule has 0 spiro atoms. The van der Waals surface area contributed by atoms with E-state index in [9.17, 15) is 19.5 Å². The molecule has 23 heavy (non-hydrogen) atoms. The van der Waals surface area contributed by atoms with Crippen molar-refractivity contribution in [2.24, 2.45) is 5.41 Å². The van der Waals surface area contributed by atoms with Crippen LogP contribution in [0.25, 0.3) is 0 Å². The van der Waals surface area contributed by atoms with Crippen molar-refractivity contribution in [2.75, 3.05) is 13.2 Å². The molecule has 0 aliphatic rings. The molecule has 0 radical (unpaired) electrons. The number of hydrogen-bond donors (Lipinski definition) is 3. The zero-order valence-corrected chi connectivity index (χ0v) is 14.3. The number of carbonyl (C=O) groups excluding carboxylic acids is 2. The number of ether oxygens (including phenoxy) is 1. The third kappa shape index (κ3) is 9.89. The van der Waals surface area contributed by atoms with Crippen molar-refractivity contribution >= 4 is 17.8 Å². The molecule has 1 amide bonds. The zero-order chi connectivity index (χ0) is 17.9. The van der Waals surface area contributed by atoms with Gasteiger partial charge in [-0.15, -0.1) is 0 Å². The predicted octanol–water partition coefficient (Wildman–Crippen LogP) is 1.48. The molecule has 1 atom stereocenters. The number of aliphatic hydroxyl groups is 1. The lowest BCUT2D eigenvalue weighted by Gasteiger charge is -2.29. The minimum absolute atomic E-state index is 0.0465. The minimum Gasteiger partial charge on any atom is -0.481 e. The van der Waals surface area contributed by atoms with Crippen LogP contribution in [0.3, 0.4) is 0 Å². The molecule has 7 heteroatoms. The fourth-order valence-corrected chi connectivity index (χ4v) is 1.84. The third-order valence-electron chi connectivity index (χ3n) is 3.44. The number of nitrogens with one attached hydrogen (secondary N) is 1. The van der Waals surface area contributed by atoms with Crippen molar-refractivity contribution in [3.63, 3.8) is 0 Å². The van der Waals surface area contributed by atoms with Crippen LogP contribution in [0, 0.1) is 5.41 Å². The van der Waals surface area contributed by atoms with Gasteiger partial charge in [0.2, 0.25) is 5.91 Å². The molecule has 0 rings (SSSR count). The van der Waals surface area contributed by atoms with Crippen molar-refractivity contribution in [2.45, 2.75) is 65.4 Å². The molecule has 0 saturated heterocycles. The molecule has 0 aliphatic heterocycles. The summed E-state index contributed by atoms with van der Waals surface area (Å²) in [5.41, 5.74) is -0.919. The number of carbonyl (C=O) groups is 3. The number of aliphatic carboxylic acids is 1. The maximum absolute atomic E-state index is 11.8. The summed E-state index contributed by atoms with van der Waals surface area (Å²) >= 11 is 0. The Hall–Kier alpha value is -1.63. The quantitative estimate of drug-likeness (QED) is 0.369. The highest BCUT2D eigenvalue weighted by molar-refractivity contribution is 5.81. The summed E-state index contributed by atoms with van der Waals surface area (Å²) in [6, 6.07) is 0. The fraction of sp³-hybridized carbons (Fsp3) is 0.812. The van der Waals surface area contributed by atoms with E-state index in [-0.39, 0.29) is 25.5 Å². The normalized spacial score (nSPS) is 12.5. The molecule has 0 aliphatic carbocycles. The molecular weight excluding hydrogens is 302 g/mol. The average Bonchev–Trinajstić information content (AvgIpc) is 2.48. The molecule has 1 unspecified atom stereocenters. The van der Waals surface area contributed by atoms with Gasteiger partial charge in [-0.05, 0) is 12.8 Å². The minimum atomic E-state index is -1.34. The summed E-state index contributed by atoms with van der Waals surface area (Å²) in [6.45, 7) is 5.43. The van der Waals surface area contributed by atoms with Gasteiger partial charge >= 0.3 is 11.9 Å². The molecule has 134 valence electrons. The second kappa shape index (κ2) is 11.0. The van der Waals surface area contributed by atoms with Gasteiger partial charge in [0, 0.05) is 24.8 Å². The van der Waals surface area contributed by atoms with Crippen LogP contribution in [-0.4, -0.2) is 47.3 Å². The number of amides is 1. The Bertz CT molecular complexity index is 394. The van der Waals surface area contributed by atoms with Crippen molar-refractivity contribution < 1.29 is 29.3 Å². The molecule has 7 nitrogen and oxygen atoms in total. The number of hydrogen-bond acceptors (Lipinski definition) is 5. The number of carboxylic acid groups (broad SMARTS) is 1. The molecular formula is C16H29NO6. The first kappa shape index (κ1) is 21.4. The summed E-state index contributed by atoms with van der Waals surface area (Å²) in [7, 11) is 0. The summed E-state index contributed by atoms with van der Waals surface area (Å²) in [4.78, 5) is 33.8. The van der Waals surface area contributed by atoms with Crippen molar-refractivity contribution in [1.82, 2.24) is 5.32 Å². The van der Waals surface area contributed by atoms with Crippen molar-refractivity contribution in [3.05, 3.63) is 0 Å². The van der Waals surface area contributed by atoms with Crippen LogP contribution in [0.5, 0.6) is 0 Å². The highest BCUT2D eigenvalue weighted by atomic mass is 16.5. The number of aliphatic hydroxyl groups excluding tert-OH is 1. The maximum atomic E-state index is 11.8. The first-order valence-corrected chi connectivity index (χ1v) is 8.04. The van der Waals surface area contributed by atoms with Crippen LogP contribution in [0.2, 0.25) is 0 Å². The summed E-state index contributed by atoms with van der Waals surface area (Å²) in [5, 5.41) is 21.0. The highest BCUT2D eigenvalue weighted by Gasteiger charge is 2.34. The maximum Gasteiger partial charge on any atom is 0.305 e. The van der Waals surface area contributed by atoms with Crippen LogP contribution in [-0.2, 0) is 19.1 Å². The van der Waals surface area contributed by atoms with Crippen LogP contribution in [0.4, 0.5) is 0 Å². The van der Waals surface area contributed by atoms with Crippen LogP contribution in [0.15, 0.2) is 0 Å². The average molecular weight is 331 g/mol. The predicted molar refractivity (Wildman–Crippen MR) is 84.8 cm³/mol. The van der Waals surface area contributed by atoms with Gasteiger partial charge in [-0.25, -0.2) is 0 Å². The van der Waals surface area contributed by atoms with Gasteiger partial charge in [-0.1, -0.05) is 33.6 Å². The molecule has 0 fully saturated rings. The molecule has 0 saturated carbocycles. The SMILES string of the molecule is CCCCCC(=O)OCC(C)(C)C(O)C(=O)NCCCC(=O)O. The number of carboxylic acids is 1. The van der Waals surface area contributed by atoms with E-state index in [2.05, 4.69) is 5.32 Å². The Kier molecular flexibility index (Phi) is 10.2. The Balaban J connectivity index is 4.15. The smallest absolute Gasteiger partial charge is 0.305 e. The van der Waals surface area contributed by atoms with Gasteiger partial charge < -0.3 is 20.3 Å². The first-order chi connectivity index (χ1) is 10.7. The summed E-state index contributed by atoms with van der Waals surface area (Å²) in [5.74, 6) is -1.86. The summed E-state index contributed by atoms with van der Waals surface area (Å²) < 4.78 is 5.13. The monoisotopic (exact) mass is 331 g/mol. The molecule has 0 heterocycles. The molecule has 0 aromatic carbocycles. The number of esters is 1. The van der Waals surface area contributed by atoms with E-state index in [0.29, 0.717) is 12.8 Å². The second-order valence-electron chi connectivity index (χ2n) is 6.30.